The topological polar surface area (TPSA) is 85.9 Å². The Labute approximate surface area is 189 Å². The number of likely N-dealkylation sites (N-methyl/N-ethyl adjacent to an activating group) is 1. The molecule has 32 heavy (non-hydrogen) atoms. The van der Waals surface area contributed by atoms with Crippen LogP contribution in [0, 0.1) is 5.82 Å². The summed E-state index contributed by atoms with van der Waals surface area (Å²) in [5.74, 6) is 0.0666. The molecular weight excluding hydrogens is 431 g/mol. The van der Waals surface area contributed by atoms with E-state index in [1.807, 2.05) is 49.3 Å². The van der Waals surface area contributed by atoms with Gasteiger partial charge >= 0.3 is 0 Å². The molecule has 0 radical (unpaired) electrons. The fourth-order valence-electron chi connectivity index (χ4n) is 3.30. The van der Waals surface area contributed by atoms with Gasteiger partial charge in [0, 0.05) is 17.9 Å². The summed E-state index contributed by atoms with van der Waals surface area (Å²) >= 11 is 5.88. The summed E-state index contributed by atoms with van der Waals surface area (Å²) in [5.41, 5.74) is 4.09. The average molecular weight is 453 g/mol. The van der Waals surface area contributed by atoms with Gasteiger partial charge in [-0.1, -0.05) is 29.8 Å². The maximum Gasteiger partial charge on any atom is 0.234 e. The molecule has 164 valence electrons. The van der Waals surface area contributed by atoms with Crippen LogP contribution in [0.2, 0.25) is 5.02 Å². The number of carbonyl (C=O) groups excluding carboxylic acids is 1. The third-order valence-corrected chi connectivity index (χ3v) is 5.09. The molecule has 0 fully saturated rings. The fourth-order valence-corrected chi connectivity index (χ4v) is 3.48. The first-order chi connectivity index (χ1) is 15.4. The lowest BCUT2D eigenvalue weighted by atomic mass is 10.1. The molecule has 0 aliphatic heterocycles. The van der Waals surface area contributed by atoms with Crippen molar-refractivity contribution in [3.63, 3.8) is 0 Å². The molecule has 0 saturated heterocycles. The second-order valence-corrected chi connectivity index (χ2v) is 8.04. The number of carbonyl (C=O) groups is 1. The minimum atomic E-state index is -0.480. The molecule has 0 atom stereocenters. The summed E-state index contributed by atoms with van der Waals surface area (Å²) < 4.78 is 13.5. The van der Waals surface area contributed by atoms with Crippen LogP contribution in [-0.4, -0.2) is 46.4 Å². The van der Waals surface area contributed by atoms with Crippen LogP contribution >= 0.6 is 11.6 Å². The van der Waals surface area contributed by atoms with Gasteiger partial charge in [0.15, 0.2) is 0 Å². The molecule has 9 heteroatoms. The summed E-state index contributed by atoms with van der Waals surface area (Å²) in [4.78, 5) is 25.7. The number of anilines is 2. The Kier molecular flexibility index (Phi) is 6.34. The van der Waals surface area contributed by atoms with Crippen molar-refractivity contribution in [2.24, 2.45) is 0 Å². The summed E-state index contributed by atoms with van der Waals surface area (Å²) in [6.07, 6.45) is 1.45. The van der Waals surface area contributed by atoms with E-state index in [-0.39, 0.29) is 10.9 Å². The molecule has 0 bridgehead atoms. The molecule has 0 aliphatic rings. The number of aromatic nitrogens is 3. The number of hydrogen-bond acceptors (Lipinski definition) is 5. The molecule has 2 aromatic heterocycles. The number of benzene rings is 2. The lowest BCUT2D eigenvalue weighted by Gasteiger charge is -2.10. The van der Waals surface area contributed by atoms with Crippen LogP contribution in [0.4, 0.5) is 15.9 Å². The van der Waals surface area contributed by atoms with Crippen LogP contribution in [0.1, 0.15) is 5.56 Å². The molecule has 0 unspecified atom stereocenters. The lowest BCUT2D eigenvalue weighted by Crippen LogP contribution is -2.32. The van der Waals surface area contributed by atoms with Crippen LogP contribution in [0.15, 0.2) is 54.9 Å². The number of fused-ring (bicyclic) bond motifs is 1. The van der Waals surface area contributed by atoms with Gasteiger partial charge in [0.2, 0.25) is 5.91 Å². The highest BCUT2D eigenvalue weighted by Crippen LogP contribution is 2.30. The Balaban J connectivity index is 1.57. The molecule has 7 nitrogen and oxygen atoms in total. The maximum atomic E-state index is 13.5. The Morgan fingerprint density at radius 1 is 1.16 bits per heavy atom. The van der Waals surface area contributed by atoms with Crippen molar-refractivity contribution in [2.45, 2.75) is 6.54 Å². The Morgan fingerprint density at radius 3 is 2.78 bits per heavy atom. The highest BCUT2D eigenvalue weighted by atomic mass is 35.5. The molecular formula is C23H22ClFN6O. The largest absolute Gasteiger partial charge is 0.351 e. The van der Waals surface area contributed by atoms with E-state index in [0.29, 0.717) is 30.2 Å². The van der Waals surface area contributed by atoms with Crippen molar-refractivity contribution in [2.75, 3.05) is 26.0 Å². The van der Waals surface area contributed by atoms with Crippen molar-refractivity contribution < 1.29 is 9.18 Å². The van der Waals surface area contributed by atoms with E-state index in [2.05, 4.69) is 25.6 Å². The zero-order chi connectivity index (χ0) is 22.7. The summed E-state index contributed by atoms with van der Waals surface area (Å²) in [5, 5.41) is 6.90. The number of amides is 1. The van der Waals surface area contributed by atoms with Gasteiger partial charge in [-0.2, -0.15) is 0 Å². The highest BCUT2D eigenvalue weighted by Gasteiger charge is 2.11. The number of nitrogens with zero attached hydrogens (tertiary/aromatic N) is 3. The predicted molar refractivity (Wildman–Crippen MR) is 124 cm³/mol. The van der Waals surface area contributed by atoms with E-state index in [1.54, 1.807) is 6.07 Å². The molecule has 0 aliphatic carbocycles. The molecule has 4 aromatic rings. The lowest BCUT2D eigenvalue weighted by molar-refractivity contribution is -0.121. The van der Waals surface area contributed by atoms with E-state index in [0.717, 1.165) is 22.2 Å². The number of H-pyrrole nitrogens is 1. The Hall–Kier alpha value is -3.49. The molecule has 0 saturated carbocycles. The predicted octanol–water partition coefficient (Wildman–Crippen LogP) is 4.34. The first kappa shape index (κ1) is 21.7. The van der Waals surface area contributed by atoms with Crippen LogP contribution < -0.4 is 10.6 Å². The standard InChI is InChI=1S/C23H22ClFN6O/c1-31(2)12-21(32)26-11-14-4-3-5-15(8-14)20-10-17-22(27-13-28-23(17)30-20)29-16-6-7-19(25)18(24)9-16/h3-10,13H,11-12H2,1-2H3,(H,26,32)(H2,27,28,29,30). The Morgan fingerprint density at radius 2 is 2.00 bits per heavy atom. The van der Waals surface area contributed by atoms with Crippen molar-refractivity contribution in [1.29, 1.82) is 0 Å². The first-order valence-electron chi connectivity index (χ1n) is 9.95. The number of hydrogen-bond donors (Lipinski definition) is 3. The van der Waals surface area contributed by atoms with Crippen molar-refractivity contribution in [3.8, 4) is 11.3 Å². The molecule has 0 spiro atoms. The van der Waals surface area contributed by atoms with Gasteiger partial charge in [-0.15, -0.1) is 0 Å². The summed E-state index contributed by atoms with van der Waals surface area (Å²) in [7, 11) is 3.71. The third kappa shape index (κ3) is 5.04. The van der Waals surface area contributed by atoms with Gasteiger partial charge in [-0.05, 0) is 55.6 Å². The van der Waals surface area contributed by atoms with Crippen LogP contribution in [-0.2, 0) is 11.3 Å². The molecule has 1 amide bonds. The van der Waals surface area contributed by atoms with Gasteiger partial charge in [0.1, 0.15) is 23.6 Å². The first-order valence-corrected chi connectivity index (χ1v) is 10.3. The third-order valence-electron chi connectivity index (χ3n) is 4.80. The summed E-state index contributed by atoms with van der Waals surface area (Å²) in [6, 6.07) is 14.3. The van der Waals surface area contributed by atoms with Gasteiger partial charge in [0.25, 0.3) is 0 Å². The average Bonchev–Trinajstić information content (AvgIpc) is 3.20. The minimum absolute atomic E-state index is 0.0297. The van der Waals surface area contributed by atoms with Gasteiger partial charge in [-0.25, -0.2) is 14.4 Å². The molecule has 2 heterocycles. The molecule has 4 rings (SSSR count). The minimum Gasteiger partial charge on any atom is -0.351 e. The van der Waals surface area contributed by atoms with E-state index >= 15 is 0 Å². The monoisotopic (exact) mass is 452 g/mol. The van der Waals surface area contributed by atoms with Gasteiger partial charge in [-0.3, -0.25) is 4.79 Å². The maximum absolute atomic E-state index is 13.5. The smallest absolute Gasteiger partial charge is 0.234 e. The number of aromatic amines is 1. The van der Waals surface area contributed by atoms with Crippen LogP contribution in [0.3, 0.4) is 0 Å². The van der Waals surface area contributed by atoms with E-state index in [1.165, 1.54) is 18.5 Å². The number of halogens is 2. The quantitative estimate of drug-likeness (QED) is 0.388. The van der Waals surface area contributed by atoms with Crippen molar-refractivity contribution >= 4 is 40.0 Å². The number of rotatable bonds is 7. The normalized spacial score (nSPS) is 11.2. The second-order valence-electron chi connectivity index (χ2n) is 7.64. The zero-order valence-corrected chi connectivity index (χ0v) is 18.4. The van der Waals surface area contributed by atoms with Gasteiger partial charge < -0.3 is 20.5 Å². The summed E-state index contributed by atoms with van der Waals surface area (Å²) in [6.45, 7) is 0.786. The second kappa shape index (κ2) is 9.33. The SMILES string of the molecule is CN(C)CC(=O)NCc1cccc(-c2cc3c(Nc4ccc(F)c(Cl)c4)ncnc3[nH]2)c1. The number of nitrogens with one attached hydrogen (secondary N) is 3. The van der Waals surface area contributed by atoms with Gasteiger partial charge in [0.05, 0.1) is 17.0 Å². The van der Waals surface area contributed by atoms with E-state index in [9.17, 15) is 9.18 Å². The highest BCUT2D eigenvalue weighted by molar-refractivity contribution is 6.31. The van der Waals surface area contributed by atoms with E-state index < -0.39 is 5.82 Å². The molecule has 2 aromatic carbocycles. The zero-order valence-electron chi connectivity index (χ0n) is 17.6. The fraction of sp³-hybridized carbons (Fsp3) is 0.174. The van der Waals surface area contributed by atoms with Crippen LogP contribution in [0.5, 0.6) is 0 Å². The Bertz CT molecular complexity index is 1270. The van der Waals surface area contributed by atoms with E-state index in [4.69, 9.17) is 11.6 Å². The van der Waals surface area contributed by atoms with Crippen molar-refractivity contribution in [1.82, 2.24) is 25.2 Å². The van der Waals surface area contributed by atoms with Crippen molar-refractivity contribution in [3.05, 3.63) is 71.3 Å². The molecule has 3 N–H and O–H groups in total. The van der Waals surface area contributed by atoms with Crippen LogP contribution in [0.25, 0.3) is 22.3 Å².